The zero-order valence-electron chi connectivity index (χ0n) is 16.0. The normalized spacial score (nSPS) is 11.1. The van der Waals surface area contributed by atoms with Crippen LogP contribution in [0.5, 0.6) is 0 Å². The summed E-state index contributed by atoms with van der Waals surface area (Å²) in [6, 6.07) is 14.4. The summed E-state index contributed by atoms with van der Waals surface area (Å²) in [5, 5.41) is -0.474. The molecular formula is C22H21N3O2S. The molecule has 3 aromatic rings. The molecule has 3 rings (SSSR count). The number of sulfone groups is 1. The lowest BCUT2D eigenvalue weighted by molar-refractivity contribution is 0.587. The fourth-order valence-corrected chi connectivity index (χ4v) is 3.63. The number of nitrogens with zero attached hydrogens (tertiary/aromatic N) is 2. The summed E-state index contributed by atoms with van der Waals surface area (Å²) in [4.78, 5) is 8.96. The number of aromatic nitrogens is 2. The highest BCUT2D eigenvalue weighted by molar-refractivity contribution is 7.92. The third-order valence-electron chi connectivity index (χ3n) is 4.24. The largest absolute Gasteiger partial charge is 0.381 e. The van der Waals surface area contributed by atoms with Gasteiger partial charge in [0.25, 0.3) is 0 Å². The van der Waals surface area contributed by atoms with Crippen molar-refractivity contribution in [2.45, 2.75) is 30.9 Å². The minimum Gasteiger partial charge on any atom is -0.381 e. The molecule has 0 saturated carbocycles. The number of aryl methyl sites for hydroxylation is 1. The summed E-state index contributed by atoms with van der Waals surface area (Å²) in [7, 11) is -3.31. The lowest BCUT2D eigenvalue weighted by Crippen LogP contribution is -2.13. The van der Waals surface area contributed by atoms with Crippen molar-refractivity contribution in [3.8, 4) is 23.1 Å². The van der Waals surface area contributed by atoms with Crippen molar-refractivity contribution in [3.63, 3.8) is 0 Å². The molecule has 0 unspecified atom stereocenters. The zero-order chi connectivity index (χ0) is 20.3. The predicted molar refractivity (Wildman–Crippen MR) is 111 cm³/mol. The third-order valence-corrected chi connectivity index (χ3v) is 6.41. The Morgan fingerprint density at radius 3 is 2.39 bits per heavy atom. The molecule has 0 aliphatic carbocycles. The van der Waals surface area contributed by atoms with Gasteiger partial charge in [-0.3, -0.25) is 0 Å². The van der Waals surface area contributed by atoms with E-state index in [1.807, 2.05) is 31.2 Å². The van der Waals surface area contributed by atoms with Gasteiger partial charge >= 0.3 is 0 Å². The fraction of sp³-hybridized carbons (Fsp3) is 0.182. The van der Waals surface area contributed by atoms with Gasteiger partial charge < -0.3 is 5.73 Å². The average Bonchev–Trinajstić information content (AvgIpc) is 2.67. The Balaban J connectivity index is 1.94. The molecular weight excluding hydrogens is 370 g/mol. The smallest absolute Gasteiger partial charge is 0.180 e. The Labute approximate surface area is 165 Å². The van der Waals surface area contributed by atoms with Crippen LogP contribution in [0.1, 0.15) is 30.7 Å². The predicted octanol–water partition coefficient (Wildman–Crippen LogP) is 3.62. The Morgan fingerprint density at radius 1 is 1.04 bits per heavy atom. The van der Waals surface area contributed by atoms with Crippen LogP contribution in [-0.2, 0) is 9.84 Å². The molecule has 0 aliphatic heterocycles. The molecule has 0 bridgehead atoms. The van der Waals surface area contributed by atoms with Crippen LogP contribution in [0.15, 0.2) is 59.6 Å². The van der Waals surface area contributed by atoms with Crippen LogP contribution >= 0.6 is 0 Å². The first-order valence-corrected chi connectivity index (χ1v) is 10.4. The van der Waals surface area contributed by atoms with E-state index >= 15 is 0 Å². The Hall–Kier alpha value is -3.17. The Kier molecular flexibility index (Phi) is 5.48. The van der Waals surface area contributed by atoms with Gasteiger partial charge in [-0.1, -0.05) is 30.2 Å². The molecule has 1 aromatic heterocycles. The van der Waals surface area contributed by atoms with Crippen molar-refractivity contribution in [1.82, 2.24) is 9.97 Å². The molecule has 0 saturated heterocycles. The van der Waals surface area contributed by atoms with Gasteiger partial charge in [-0.25, -0.2) is 18.4 Å². The molecule has 0 radical (unpaired) electrons. The number of benzene rings is 2. The van der Waals surface area contributed by atoms with E-state index in [1.165, 1.54) is 0 Å². The van der Waals surface area contributed by atoms with E-state index in [0.717, 1.165) is 16.7 Å². The monoisotopic (exact) mass is 391 g/mol. The highest BCUT2D eigenvalue weighted by Crippen LogP contribution is 2.22. The topological polar surface area (TPSA) is 85.9 Å². The minimum atomic E-state index is -3.31. The first kappa shape index (κ1) is 19.6. The zero-order valence-corrected chi connectivity index (χ0v) is 16.8. The third kappa shape index (κ3) is 4.21. The molecule has 0 fully saturated rings. The first-order chi connectivity index (χ1) is 13.3. The standard InChI is InChI=1S/C22H21N3O2S/c1-15(2)28(26,27)19-10-8-18(9-11-19)21-14-24-22(23)20(25-21)12-7-17-6-4-5-16(3)13-17/h4-6,8-11,13-15H,1-3H3,(H2,23,24). The van der Waals surface area contributed by atoms with Gasteiger partial charge in [0.15, 0.2) is 21.3 Å². The number of rotatable bonds is 3. The molecule has 0 aliphatic rings. The van der Waals surface area contributed by atoms with Gasteiger partial charge in [0, 0.05) is 11.1 Å². The van der Waals surface area contributed by atoms with Gasteiger partial charge in [0.1, 0.15) is 0 Å². The van der Waals surface area contributed by atoms with Crippen LogP contribution in [0.2, 0.25) is 0 Å². The lowest BCUT2D eigenvalue weighted by Gasteiger charge is -2.08. The lowest BCUT2D eigenvalue weighted by atomic mass is 10.1. The number of hydrogen-bond acceptors (Lipinski definition) is 5. The van der Waals surface area contributed by atoms with E-state index in [0.29, 0.717) is 11.4 Å². The van der Waals surface area contributed by atoms with Crippen molar-refractivity contribution in [2.24, 2.45) is 0 Å². The Morgan fingerprint density at radius 2 is 1.75 bits per heavy atom. The quantitative estimate of drug-likeness (QED) is 0.689. The van der Waals surface area contributed by atoms with Crippen LogP contribution in [0.3, 0.4) is 0 Å². The van der Waals surface area contributed by atoms with Gasteiger partial charge in [0.05, 0.1) is 22.0 Å². The first-order valence-electron chi connectivity index (χ1n) is 8.83. The number of anilines is 1. The van der Waals surface area contributed by atoms with Crippen LogP contribution in [-0.4, -0.2) is 23.6 Å². The molecule has 2 aromatic carbocycles. The summed E-state index contributed by atoms with van der Waals surface area (Å²) in [5.74, 6) is 6.28. The van der Waals surface area contributed by atoms with E-state index in [4.69, 9.17) is 5.73 Å². The van der Waals surface area contributed by atoms with Crippen LogP contribution in [0.4, 0.5) is 5.82 Å². The number of nitrogen functional groups attached to an aromatic ring is 1. The van der Waals surface area contributed by atoms with Gasteiger partial charge in [0.2, 0.25) is 0 Å². The maximum Gasteiger partial charge on any atom is 0.180 e. The van der Waals surface area contributed by atoms with Crippen molar-refractivity contribution in [1.29, 1.82) is 0 Å². The number of hydrogen-bond donors (Lipinski definition) is 1. The van der Waals surface area contributed by atoms with Gasteiger partial charge in [-0.2, -0.15) is 0 Å². The summed E-state index contributed by atoms with van der Waals surface area (Å²) in [5.41, 5.74) is 9.62. The molecule has 0 spiro atoms. The van der Waals surface area contributed by atoms with Crippen LogP contribution in [0.25, 0.3) is 11.3 Å². The van der Waals surface area contributed by atoms with Crippen molar-refractivity contribution in [3.05, 3.63) is 71.5 Å². The summed E-state index contributed by atoms with van der Waals surface area (Å²) >= 11 is 0. The van der Waals surface area contributed by atoms with E-state index < -0.39 is 15.1 Å². The van der Waals surface area contributed by atoms with Crippen molar-refractivity contribution >= 4 is 15.7 Å². The Bertz CT molecular complexity index is 1170. The average molecular weight is 391 g/mol. The minimum absolute atomic E-state index is 0.253. The second-order valence-corrected chi connectivity index (χ2v) is 9.23. The molecule has 142 valence electrons. The molecule has 6 heteroatoms. The molecule has 28 heavy (non-hydrogen) atoms. The second-order valence-electron chi connectivity index (χ2n) is 6.73. The van der Waals surface area contributed by atoms with Crippen LogP contribution in [0, 0.1) is 18.8 Å². The van der Waals surface area contributed by atoms with E-state index in [-0.39, 0.29) is 10.7 Å². The molecule has 5 nitrogen and oxygen atoms in total. The summed E-state index contributed by atoms with van der Waals surface area (Å²) in [6.07, 6.45) is 1.55. The highest BCUT2D eigenvalue weighted by Gasteiger charge is 2.19. The van der Waals surface area contributed by atoms with Gasteiger partial charge in [-0.15, -0.1) is 0 Å². The second kappa shape index (κ2) is 7.83. The highest BCUT2D eigenvalue weighted by atomic mass is 32.2. The molecule has 0 amide bonds. The maximum atomic E-state index is 12.3. The van der Waals surface area contributed by atoms with Gasteiger partial charge in [-0.05, 0) is 56.5 Å². The molecule has 2 N–H and O–H groups in total. The fourth-order valence-electron chi connectivity index (χ4n) is 2.57. The van der Waals surface area contributed by atoms with E-state index in [1.54, 1.807) is 44.3 Å². The van der Waals surface area contributed by atoms with E-state index in [9.17, 15) is 8.42 Å². The van der Waals surface area contributed by atoms with E-state index in [2.05, 4.69) is 21.8 Å². The maximum absolute atomic E-state index is 12.3. The van der Waals surface area contributed by atoms with Crippen molar-refractivity contribution in [2.75, 3.05) is 5.73 Å². The summed E-state index contributed by atoms with van der Waals surface area (Å²) < 4.78 is 24.5. The molecule has 0 atom stereocenters. The number of nitrogens with two attached hydrogens (primary N) is 1. The summed E-state index contributed by atoms with van der Waals surface area (Å²) in [6.45, 7) is 5.32. The van der Waals surface area contributed by atoms with Crippen LogP contribution < -0.4 is 5.73 Å². The van der Waals surface area contributed by atoms with Crippen molar-refractivity contribution < 1.29 is 8.42 Å². The SMILES string of the molecule is Cc1cccc(C#Cc2nc(-c3ccc(S(=O)(=O)C(C)C)cc3)cnc2N)c1. The molecule has 1 heterocycles.